The summed E-state index contributed by atoms with van der Waals surface area (Å²) in [5.74, 6) is 0.789. The fourth-order valence-electron chi connectivity index (χ4n) is 3.02. The molecule has 0 atom stereocenters. The maximum Gasteiger partial charge on any atom is 0.213 e. The van der Waals surface area contributed by atoms with Crippen LogP contribution in [0.3, 0.4) is 0 Å². The Morgan fingerprint density at radius 3 is 2.78 bits per heavy atom. The fraction of sp³-hybridized carbons (Fsp3) is 0.429. The minimum atomic E-state index is 0.0905. The van der Waals surface area contributed by atoms with Crippen molar-refractivity contribution >= 4 is 11.5 Å². The van der Waals surface area contributed by atoms with Crippen LogP contribution in [-0.2, 0) is 22.5 Å². The van der Waals surface area contributed by atoms with Gasteiger partial charge in [0.05, 0.1) is 18.4 Å². The summed E-state index contributed by atoms with van der Waals surface area (Å²) >= 11 is 0. The van der Waals surface area contributed by atoms with Gasteiger partial charge in [0, 0.05) is 61.8 Å². The van der Waals surface area contributed by atoms with Crippen molar-refractivity contribution in [2.45, 2.75) is 45.8 Å². The molecule has 3 heterocycles. The van der Waals surface area contributed by atoms with Gasteiger partial charge in [0.25, 0.3) is 0 Å². The topological polar surface area (TPSA) is 73.7 Å². The molecule has 3 rings (SSSR count). The van der Waals surface area contributed by atoms with Crippen LogP contribution in [0, 0.1) is 0 Å². The van der Waals surface area contributed by atoms with Gasteiger partial charge in [-0.25, -0.2) is 4.98 Å². The highest BCUT2D eigenvalue weighted by atomic mass is 16.5. The maximum atomic E-state index is 12.0. The van der Waals surface area contributed by atoms with E-state index in [2.05, 4.69) is 15.0 Å². The molecule has 27 heavy (non-hydrogen) atoms. The van der Waals surface area contributed by atoms with Crippen molar-refractivity contribution in [3.05, 3.63) is 53.0 Å². The first kappa shape index (κ1) is 19.2. The molecule has 0 saturated carbocycles. The molecule has 0 saturated heterocycles. The number of hydrogen-bond acceptors (Lipinski definition) is 6. The highest BCUT2D eigenvalue weighted by Crippen LogP contribution is 2.24. The summed E-state index contributed by atoms with van der Waals surface area (Å²) in [7, 11) is 1.64. The van der Waals surface area contributed by atoms with Crippen LogP contribution in [0.25, 0.3) is 0 Å². The molecule has 0 unspecified atom stereocenters. The molecule has 2 aromatic heterocycles. The molecular weight excluding hydrogens is 342 g/mol. The van der Waals surface area contributed by atoms with Gasteiger partial charge in [-0.05, 0) is 38.0 Å². The lowest BCUT2D eigenvalue weighted by molar-refractivity contribution is -0.118. The number of nitrogens with zero attached hydrogens (tertiary/aromatic N) is 3. The molecule has 0 aromatic carbocycles. The van der Waals surface area contributed by atoms with E-state index in [1.807, 2.05) is 38.2 Å². The molecule has 142 valence electrons. The average molecular weight is 367 g/mol. The Kier molecular flexibility index (Phi) is 6.29. The first-order chi connectivity index (χ1) is 13.1. The van der Waals surface area contributed by atoms with Gasteiger partial charge in [0.15, 0.2) is 0 Å². The molecule has 1 aliphatic heterocycles. The number of carbonyl (C=O) groups is 1. The van der Waals surface area contributed by atoms with Crippen LogP contribution < -0.4 is 4.74 Å². The number of ketones is 1. The van der Waals surface area contributed by atoms with Crippen molar-refractivity contribution in [3.8, 4) is 5.88 Å². The lowest BCUT2D eigenvalue weighted by Gasteiger charge is -2.09. The Morgan fingerprint density at radius 1 is 1.22 bits per heavy atom. The normalized spacial score (nSPS) is 12.8. The second kappa shape index (κ2) is 8.86. The van der Waals surface area contributed by atoms with Crippen LogP contribution in [0.4, 0.5) is 0 Å². The van der Waals surface area contributed by atoms with Crippen LogP contribution >= 0.6 is 0 Å². The van der Waals surface area contributed by atoms with Gasteiger partial charge in [-0.3, -0.25) is 14.8 Å². The quantitative estimate of drug-likeness (QED) is 0.637. The van der Waals surface area contributed by atoms with E-state index in [4.69, 9.17) is 9.47 Å². The number of fused-ring (bicyclic) bond motifs is 1. The monoisotopic (exact) mass is 367 g/mol. The number of carbonyl (C=O) groups excluding carboxylic acids is 1. The smallest absolute Gasteiger partial charge is 0.213 e. The fourth-order valence-corrected chi connectivity index (χ4v) is 3.02. The Balaban J connectivity index is 1.67. The average Bonchev–Trinajstić information content (AvgIpc) is 3.05. The van der Waals surface area contributed by atoms with Gasteiger partial charge < -0.3 is 9.47 Å². The zero-order chi connectivity index (χ0) is 19.2. The van der Waals surface area contributed by atoms with E-state index in [0.717, 1.165) is 34.5 Å². The highest BCUT2D eigenvalue weighted by molar-refractivity contribution is 6.14. The Bertz CT molecular complexity index is 829. The summed E-state index contributed by atoms with van der Waals surface area (Å²) in [6.45, 7) is 5.15. The van der Waals surface area contributed by atoms with Crippen molar-refractivity contribution < 1.29 is 14.3 Å². The van der Waals surface area contributed by atoms with E-state index >= 15 is 0 Å². The number of hydrogen-bond donors (Lipinski definition) is 0. The molecular formula is C21H25N3O3. The molecule has 0 aliphatic carbocycles. The molecule has 0 fully saturated rings. The van der Waals surface area contributed by atoms with Crippen molar-refractivity contribution in [1.82, 2.24) is 9.97 Å². The minimum Gasteiger partial charge on any atom is -0.475 e. The Hall–Kier alpha value is -2.60. The van der Waals surface area contributed by atoms with Crippen molar-refractivity contribution in [2.24, 2.45) is 4.99 Å². The number of aromatic nitrogens is 2. The summed E-state index contributed by atoms with van der Waals surface area (Å²) in [6, 6.07) is 5.81. The molecule has 6 nitrogen and oxygen atoms in total. The van der Waals surface area contributed by atoms with E-state index in [1.54, 1.807) is 13.3 Å². The van der Waals surface area contributed by atoms with Crippen LogP contribution in [0.2, 0.25) is 0 Å². The van der Waals surface area contributed by atoms with Crippen molar-refractivity contribution in [1.29, 1.82) is 0 Å². The van der Waals surface area contributed by atoms with Gasteiger partial charge in [-0.2, -0.15) is 0 Å². The zero-order valence-electron chi connectivity index (χ0n) is 16.1. The summed E-state index contributed by atoms with van der Waals surface area (Å²) < 4.78 is 10.6. The van der Waals surface area contributed by atoms with E-state index < -0.39 is 0 Å². The zero-order valence-corrected chi connectivity index (χ0v) is 16.1. The van der Waals surface area contributed by atoms with Crippen molar-refractivity contribution in [3.63, 3.8) is 0 Å². The lowest BCUT2D eigenvalue weighted by atomic mass is 10.0. The van der Waals surface area contributed by atoms with E-state index in [9.17, 15) is 4.79 Å². The number of aliphatic imine (C=N–C) groups is 1. The number of pyridine rings is 2. The lowest BCUT2D eigenvalue weighted by Crippen LogP contribution is -2.09. The summed E-state index contributed by atoms with van der Waals surface area (Å²) in [4.78, 5) is 25.5. The van der Waals surface area contributed by atoms with Gasteiger partial charge in [0.2, 0.25) is 5.88 Å². The number of methoxy groups -OCH3 is 1. The maximum absolute atomic E-state index is 12.0. The first-order valence-electron chi connectivity index (χ1n) is 9.23. The Labute approximate surface area is 159 Å². The third kappa shape index (κ3) is 4.98. The minimum absolute atomic E-state index is 0.0905. The number of ether oxygens (including phenoxy) is 2. The predicted molar refractivity (Wildman–Crippen MR) is 103 cm³/mol. The number of rotatable bonds is 9. The Morgan fingerprint density at radius 2 is 2.07 bits per heavy atom. The molecule has 0 spiro atoms. The van der Waals surface area contributed by atoms with Crippen molar-refractivity contribution in [2.75, 3.05) is 13.7 Å². The summed E-state index contributed by atoms with van der Waals surface area (Å²) in [6.07, 6.45) is 5.31. The van der Waals surface area contributed by atoms with Gasteiger partial charge in [0.1, 0.15) is 5.78 Å². The number of Topliss-reactive ketones (excluding diaryl/α,β-unsaturated/α-hetero) is 1. The third-order valence-corrected chi connectivity index (χ3v) is 4.26. The second-order valence-electron chi connectivity index (χ2n) is 6.86. The van der Waals surface area contributed by atoms with E-state index in [-0.39, 0.29) is 11.9 Å². The standard InChI is InChI=1S/C21H25N3O3/c1-14(2)27-20-7-6-15(11-23-20)21-19-13-22-17(9-16(19)12-24-21)10-18(25)5-4-8-26-3/h6-7,9,11,13-14H,4-5,8,10,12H2,1-3H3. The first-order valence-corrected chi connectivity index (χ1v) is 9.23. The predicted octanol–water partition coefficient (Wildman–Crippen LogP) is 3.15. The SMILES string of the molecule is COCCCC(=O)Cc1cc2c(cn1)C(c1ccc(OC(C)C)nc1)=NC2. The van der Waals surface area contributed by atoms with Gasteiger partial charge in [-0.1, -0.05) is 0 Å². The highest BCUT2D eigenvalue weighted by Gasteiger charge is 2.19. The van der Waals surface area contributed by atoms with Crippen LogP contribution in [0.5, 0.6) is 5.88 Å². The molecule has 0 amide bonds. The van der Waals surface area contributed by atoms with Gasteiger partial charge in [-0.15, -0.1) is 0 Å². The van der Waals surface area contributed by atoms with Gasteiger partial charge >= 0.3 is 0 Å². The molecule has 1 aliphatic rings. The van der Waals surface area contributed by atoms with E-state index in [1.165, 1.54) is 0 Å². The summed E-state index contributed by atoms with van der Waals surface area (Å²) in [5.41, 5.74) is 4.73. The second-order valence-corrected chi connectivity index (χ2v) is 6.86. The molecule has 0 radical (unpaired) electrons. The summed E-state index contributed by atoms with van der Waals surface area (Å²) in [5, 5.41) is 0. The van der Waals surface area contributed by atoms with Crippen LogP contribution in [-0.4, -0.2) is 41.3 Å². The molecule has 2 aromatic rings. The van der Waals surface area contributed by atoms with Crippen LogP contribution in [0.1, 0.15) is 49.1 Å². The van der Waals surface area contributed by atoms with E-state index in [0.29, 0.717) is 31.9 Å². The molecule has 0 N–H and O–H groups in total. The van der Waals surface area contributed by atoms with Crippen LogP contribution in [0.15, 0.2) is 35.6 Å². The molecule has 0 bridgehead atoms. The molecule has 6 heteroatoms. The largest absolute Gasteiger partial charge is 0.475 e. The third-order valence-electron chi connectivity index (χ3n) is 4.26.